The van der Waals surface area contributed by atoms with Gasteiger partial charge in [-0.2, -0.15) is 0 Å². The number of carbonyl (C=O) groups excluding carboxylic acids is 2. The standard InChI is InChI=1S/C21H22FN3O3/c1-28-12-4-5-17(22)14(8-12)13-10-20(26)24-18-11-19(25-6-2-3-7-25)16(21(23)27)9-15(13)18/h4-5,8-9,11,13H,2-3,6-7,10H2,1H3,(H2,23,27)(H,24,26)/t13-/m1/s1. The van der Waals surface area contributed by atoms with Crippen molar-refractivity contribution in [2.75, 3.05) is 30.4 Å². The SMILES string of the molecule is COc1ccc(F)c([C@H]2CC(=O)Nc3cc(N4CCCC4)c(C(N)=O)cc32)c1. The zero-order chi connectivity index (χ0) is 19.8. The monoisotopic (exact) mass is 383 g/mol. The maximum Gasteiger partial charge on any atom is 0.250 e. The summed E-state index contributed by atoms with van der Waals surface area (Å²) >= 11 is 0. The first kappa shape index (κ1) is 18.3. The van der Waals surface area contributed by atoms with E-state index >= 15 is 0 Å². The van der Waals surface area contributed by atoms with Crippen LogP contribution in [0.2, 0.25) is 0 Å². The van der Waals surface area contributed by atoms with Crippen molar-refractivity contribution in [2.24, 2.45) is 5.73 Å². The predicted octanol–water partition coefficient (Wildman–Crippen LogP) is 3.01. The van der Waals surface area contributed by atoms with Crippen LogP contribution in [0.15, 0.2) is 30.3 Å². The van der Waals surface area contributed by atoms with E-state index in [9.17, 15) is 14.0 Å². The van der Waals surface area contributed by atoms with Gasteiger partial charge >= 0.3 is 0 Å². The Kier molecular flexibility index (Phi) is 4.66. The van der Waals surface area contributed by atoms with Crippen LogP contribution in [0.1, 0.15) is 46.7 Å². The van der Waals surface area contributed by atoms with Crippen LogP contribution in [0.25, 0.3) is 0 Å². The number of hydrogen-bond acceptors (Lipinski definition) is 4. The van der Waals surface area contributed by atoms with Gasteiger partial charge in [0, 0.05) is 31.1 Å². The summed E-state index contributed by atoms with van der Waals surface area (Å²) < 4.78 is 19.8. The minimum absolute atomic E-state index is 0.0817. The molecule has 0 bridgehead atoms. The van der Waals surface area contributed by atoms with Crippen molar-refractivity contribution in [3.05, 3.63) is 52.8 Å². The summed E-state index contributed by atoms with van der Waals surface area (Å²) in [4.78, 5) is 26.6. The van der Waals surface area contributed by atoms with E-state index < -0.39 is 17.6 Å². The van der Waals surface area contributed by atoms with Crippen molar-refractivity contribution in [3.8, 4) is 5.75 Å². The van der Waals surface area contributed by atoms with E-state index in [0.717, 1.165) is 31.6 Å². The van der Waals surface area contributed by atoms with Gasteiger partial charge in [0.25, 0.3) is 5.91 Å². The van der Waals surface area contributed by atoms with E-state index in [1.807, 2.05) is 0 Å². The fourth-order valence-corrected chi connectivity index (χ4v) is 4.11. The third-order valence-electron chi connectivity index (χ3n) is 5.50. The number of carbonyl (C=O) groups is 2. The van der Waals surface area contributed by atoms with Crippen molar-refractivity contribution >= 4 is 23.2 Å². The number of rotatable bonds is 4. The molecule has 1 atom stereocenters. The molecule has 2 aliphatic heterocycles. The Morgan fingerprint density at radius 3 is 2.64 bits per heavy atom. The van der Waals surface area contributed by atoms with E-state index in [1.54, 1.807) is 18.2 Å². The van der Waals surface area contributed by atoms with Crippen molar-refractivity contribution in [1.82, 2.24) is 0 Å². The molecule has 2 amide bonds. The van der Waals surface area contributed by atoms with Crippen LogP contribution >= 0.6 is 0 Å². The predicted molar refractivity (Wildman–Crippen MR) is 104 cm³/mol. The largest absolute Gasteiger partial charge is 0.497 e. The van der Waals surface area contributed by atoms with Gasteiger partial charge in [0.2, 0.25) is 5.91 Å². The Balaban J connectivity index is 1.87. The molecule has 1 saturated heterocycles. The van der Waals surface area contributed by atoms with Crippen LogP contribution < -0.4 is 20.7 Å². The molecule has 6 nitrogen and oxygen atoms in total. The van der Waals surface area contributed by atoms with E-state index in [1.165, 1.54) is 19.2 Å². The molecular formula is C21H22FN3O3. The molecule has 7 heteroatoms. The number of primary amides is 1. The van der Waals surface area contributed by atoms with Gasteiger partial charge in [0.1, 0.15) is 11.6 Å². The number of anilines is 2. The number of hydrogen-bond donors (Lipinski definition) is 2. The van der Waals surface area contributed by atoms with Crippen LogP contribution in [0, 0.1) is 5.82 Å². The maximum absolute atomic E-state index is 14.6. The molecule has 0 aliphatic carbocycles. The first-order valence-corrected chi connectivity index (χ1v) is 9.34. The number of halogens is 1. The number of nitrogens with zero attached hydrogens (tertiary/aromatic N) is 1. The lowest BCUT2D eigenvalue weighted by molar-refractivity contribution is -0.116. The highest BCUT2D eigenvalue weighted by Crippen LogP contribution is 2.42. The summed E-state index contributed by atoms with van der Waals surface area (Å²) in [7, 11) is 1.51. The normalized spacial score (nSPS) is 18.6. The molecule has 0 radical (unpaired) electrons. The molecule has 2 aromatic carbocycles. The number of amides is 2. The number of methoxy groups -OCH3 is 1. The quantitative estimate of drug-likeness (QED) is 0.850. The second-order valence-electron chi connectivity index (χ2n) is 7.21. The Hall–Kier alpha value is -3.09. The minimum Gasteiger partial charge on any atom is -0.497 e. The van der Waals surface area contributed by atoms with Crippen LogP contribution in [0.5, 0.6) is 5.75 Å². The molecule has 0 spiro atoms. The lowest BCUT2D eigenvalue weighted by Crippen LogP contribution is -2.28. The van der Waals surface area contributed by atoms with Gasteiger partial charge in [0.15, 0.2) is 0 Å². The Morgan fingerprint density at radius 2 is 1.96 bits per heavy atom. The second kappa shape index (κ2) is 7.14. The lowest BCUT2D eigenvalue weighted by atomic mass is 9.83. The number of ether oxygens (including phenoxy) is 1. The minimum atomic E-state index is -0.536. The van der Waals surface area contributed by atoms with Gasteiger partial charge in [-0.3, -0.25) is 9.59 Å². The number of nitrogens with one attached hydrogen (secondary N) is 1. The van der Waals surface area contributed by atoms with Crippen LogP contribution in [0.4, 0.5) is 15.8 Å². The van der Waals surface area contributed by atoms with Crippen molar-refractivity contribution in [1.29, 1.82) is 0 Å². The van der Waals surface area contributed by atoms with Gasteiger partial charge in [-0.1, -0.05) is 0 Å². The van der Waals surface area contributed by atoms with E-state index in [-0.39, 0.29) is 12.3 Å². The molecular weight excluding hydrogens is 361 g/mol. The van der Waals surface area contributed by atoms with Gasteiger partial charge < -0.3 is 20.7 Å². The summed E-state index contributed by atoms with van der Waals surface area (Å²) in [5.41, 5.74) is 8.40. The Morgan fingerprint density at radius 1 is 1.21 bits per heavy atom. The summed E-state index contributed by atoms with van der Waals surface area (Å²) in [5.74, 6) is -1.17. The van der Waals surface area contributed by atoms with Crippen LogP contribution in [0.3, 0.4) is 0 Å². The number of nitrogens with two attached hydrogens (primary N) is 1. The average molecular weight is 383 g/mol. The summed E-state index contributed by atoms with van der Waals surface area (Å²) in [5, 5.41) is 2.87. The van der Waals surface area contributed by atoms with Crippen molar-refractivity contribution in [3.63, 3.8) is 0 Å². The van der Waals surface area contributed by atoms with Crippen molar-refractivity contribution in [2.45, 2.75) is 25.2 Å². The molecule has 2 aromatic rings. The van der Waals surface area contributed by atoms with E-state index in [2.05, 4.69) is 10.2 Å². The summed E-state index contributed by atoms with van der Waals surface area (Å²) in [6.45, 7) is 1.67. The van der Waals surface area contributed by atoms with Crippen LogP contribution in [-0.4, -0.2) is 32.0 Å². The van der Waals surface area contributed by atoms with Gasteiger partial charge in [0.05, 0.1) is 18.4 Å². The molecule has 0 aromatic heterocycles. The van der Waals surface area contributed by atoms with Crippen molar-refractivity contribution < 1.29 is 18.7 Å². The summed E-state index contributed by atoms with van der Waals surface area (Å²) in [6.07, 6.45) is 2.16. The maximum atomic E-state index is 14.6. The number of benzene rings is 2. The molecule has 0 unspecified atom stereocenters. The zero-order valence-corrected chi connectivity index (χ0v) is 15.6. The van der Waals surface area contributed by atoms with Gasteiger partial charge in [-0.25, -0.2) is 4.39 Å². The highest BCUT2D eigenvalue weighted by atomic mass is 19.1. The number of fused-ring (bicyclic) bond motifs is 1. The molecule has 1 fully saturated rings. The topological polar surface area (TPSA) is 84.7 Å². The molecule has 4 rings (SSSR count). The highest BCUT2D eigenvalue weighted by Gasteiger charge is 2.31. The van der Waals surface area contributed by atoms with E-state index in [4.69, 9.17) is 10.5 Å². The molecule has 3 N–H and O–H groups in total. The summed E-state index contributed by atoms with van der Waals surface area (Å²) in [6, 6.07) is 7.96. The smallest absolute Gasteiger partial charge is 0.250 e. The van der Waals surface area contributed by atoms with Gasteiger partial charge in [-0.15, -0.1) is 0 Å². The Labute approximate surface area is 162 Å². The van der Waals surface area contributed by atoms with Gasteiger partial charge in [-0.05, 0) is 54.3 Å². The average Bonchev–Trinajstić information content (AvgIpc) is 3.21. The first-order chi connectivity index (χ1) is 13.5. The zero-order valence-electron chi connectivity index (χ0n) is 15.6. The lowest BCUT2D eigenvalue weighted by Gasteiger charge is -2.30. The molecule has 2 aliphatic rings. The Bertz CT molecular complexity index is 954. The molecule has 0 saturated carbocycles. The van der Waals surface area contributed by atoms with Crippen LogP contribution in [-0.2, 0) is 4.79 Å². The molecule has 146 valence electrons. The second-order valence-corrected chi connectivity index (χ2v) is 7.21. The molecule has 2 heterocycles. The fourth-order valence-electron chi connectivity index (χ4n) is 4.11. The first-order valence-electron chi connectivity index (χ1n) is 9.34. The third kappa shape index (κ3) is 3.17. The fraction of sp³-hybridized carbons (Fsp3) is 0.333. The third-order valence-corrected chi connectivity index (χ3v) is 5.50. The van der Waals surface area contributed by atoms with E-state index in [0.29, 0.717) is 28.1 Å². The molecule has 28 heavy (non-hydrogen) atoms. The highest BCUT2D eigenvalue weighted by molar-refractivity contribution is 6.03.